The van der Waals surface area contributed by atoms with Crippen LogP contribution in [-0.4, -0.2) is 53.2 Å². The van der Waals surface area contributed by atoms with Crippen molar-refractivity contribution >= 4 is 41.8 Å². The summed E-state index contributed by atoms with van der Waals surface area (Å²) in [5.74, 6) is -4.23. The van der Waals surface area contributed by atoms with Crippen molar-refractivity contribution in [3.63, 3.8) is 0 Å². The van der Waals surface area contributed by atoms with E-state index in [0.717, 1.165) is 18.2 Å². The zero-order valence-electron chi connectivity index (χ0n) is 46.2. The van der Waals surface area contributed by atoms with E-state index in [2.05, 4.69) is 39.5 Å². The highest BCUT2D eigenvalue weighted by Crippen LogP contribution is 2.44. The van der Waals surface area contributed by atoms with Crippen LogP contribution in [0.3, 0.4) is 0 Å². The molecule has 6 aromatic rings. The second kappa shape index (κ2) is 28.4. The van der Waals surface area contributed by atoms with Crippen LogP contribution in [0.15, 0.2) is 219 Å². The van der Waals surface area contributed by atoms with Crippen LogP contribution in [0, 0.1) is 0 Å². The van der Waals surface area contributed by atoms with Crippen molar-refractivity contribution in [2.75, 3.05) is 0 Å². The molecular formula is C67H58O16. The molecule has 16 nitrogen and oxygen atoms in total. The number of carbonyl (C=O) groups excluding carboxylic acids is 7. The van der Waals surface area contributed by atoms with E-state index >= 15 is 0 Å². The molecule has 6 aromatic carbocycles. The van der Waals surface area contributed by atoms with Crippen molar-refractivity contribution in [3.05, 3.63) is 219 Å². The van der Waals surface area contributed by atoms with E-state index in [1.54, 1.807) is 94.4 Å². The normalized spacial score (nSPS) is 11.3. The van der Waals surface area contributed by atoms with Crippen LogP contribution in [0.4, 0.5) is 0 Å². The fourth-order valence-corrected chi connectivity index (χ4v) is 7.46. The number of rotatable bonds is 24. The zero-order chi connectivity index (χ0) is 60.5. The maximum absolute atomic E-state index is 14.4. The van der Waals surface area contributed by atoms with Gasteiger partial charge in [-0.3, -0.25) is 0 Å². The number of esters is 7. The van der Waals surface area contributed by atoms with Crippen LogP contribution in [-0.2, 0) is 33.6 Å². The largest absolute Gasteiger partial charge is 0.461 e. The Kier molecular flexibility index (Phi) is 21.1. The first-order valence-corrected chi connectivity index (χ1v) is 25.5. The van der Waals surface area contributed by atoms with Crippen LogP contribution in [0.1, 0.15) is 47.5 Å². The van der Waals surface area contributed by atoms with Crippen LogP contribution in [0.2, 0.25) is 0 Å². The summed E-state index contributed by atoms with van der Waals surface area (Å²) in [7, 11) is 0. The third-order valence-electron chi connectivity index (χ3n) is 12.2. The second-order valence-corrected chi connectivity index (χ2v) is 18.2. The third kappa shape index (κ3) is 16.4. The van der Waals surface area contributed by atoms with Crippen molar-refractivity contribution in [2.45, 2.75) is 53.8 Å². The Bertz CT molecular complexity index is 3630. The molecule has 16 heteroatoms. The minimum atomic E-state index is -1.28. The summed E-state index contributed by atoms with van der Waals surface area (Å²) in [6.45, 7) is 29.7. The molecule has 0 aromatic heterocycles. The molecule has 0 aliphatic heterocycles. The monoisotopic (exact) mass is 1120 g/mol. The number of allylic oxidation sites excluding steroid dienone is 2. The standard InChI is InChI=1S/C67H58O16/c1-12-41(10)65(73)81-57-37-55(47-25-33-51(34-26-47)79-64(72)40(8)9)58(38-54(57)46-23-31-50(32-24-46)78-63(71)39(6)7)82-66(74)42(11)17-18-43(13-2)67(75)83-59-36-52(44-19-27-48(28-20-44)76-60(68)14-3)56(80-62(70)16-5)35-53(59)45-21-29-49(30-22-45)77-61(69)15-4/h12-16,19-38,63,71H,3-6,8,11,17-18H2,1-2,7,9-10H3/b41-12+,43-13-. The van der Waals surface area contributed by atoms with Gasteiger partial charge >= 0.3 is 41.8 Å². The number of hydrogen-bond acceptors (Lipinski definition) is 16. The van der Waals surface area contributed by atoms with E-state index in [1.165, 1.54) is 73.7 Å². The minimum absolute atomic E-state index is 0.00560. The SMILES string of the molecule is C=CC(=O)Oc1ccc(-c2cc(OC(=O)/C(=C\C)CCC(=C)C(=O)Oc3cc(-c4ccc(OC(O)C(=C)C)cc4)c(OC(=O)/C(C)=C/C)cc3-c3ccc(OC(=O)C(=C)C)cc3)c(-c3ccc(OC(=O)C=C)cc3)cc2OC(=O)C=C)cc1. The summed E-state index contributed by atoms with van der Waals surface area (Å²) >= 11 is 0. The summed E-state index contributed by atoms with van der Waals surface area (Å²) in [6.07, 6.45) is 4.62. The van der Waals surface area contributed by atoms with Crippen LogP contribution in [0.5, 0.6) is 46.0 Å². The Labute approximate surface area is 479 Å². The molecule has 0 saturated heterocycles. The minimum Gasteiger partial charge on any atom is -0.461 e. The number of hydrogen-bond donors (Lipinski definition) is 1. The Balaban J connectivity index is 1.35. The van der Waals surface area contributed by atoms with Crippen molar-refractivity contribution in [2.24, 2.45) is 0 Å². The van der Waals surface area contributed by atoms with Gasteiger partial charge in [0.05, 0.1) is 0 Å². The van der Waals surface area contributed by atoms with Crippen LogP contribution < -0.4 is 37.9 Å². The number of aliphatic hydroxyl groups excluding tert-OH is 1. The van der Waals surface area contributed by atoms with Gasteiger partial charge < -0.3 is 43.0 Å². The fourth-order valence-electron chi connectivity index (χ4n) is 7.46. The highest BCUT2D eigenvalue weighted by atomic mass is 16.6. The van der Waals surface area contributed by atoms with E-state index in [4.69, 9.17) is 37.9 Å². The molecule has 0 fully saturated rings. The van der Waals surface area contributed by atoms with Crippen LogP contribution in [0.25, 0.3) is 44.5 Å². The van der Waals surface area contributed by atoms with Gasteiger partial charge in [-0.25, -0.2) is 33.6 Å². The van der Waals surface area contributed by atoms with Crippen molar-refractivity contribution in [3.8, 4) is 90.5 Å². The Morgan fingerprint density at radius 2 is 0.783 bits per heavy atom. The topological polar surface area (TPSA) is 214 Å². The maximum Gasteiger partial charge on any atom is 0.339 e. The van der Waals surface area contributed by atoms with Gasteiger partial charge in [-0.2, -0.15) is 0 Å². The molecular weight excluding hydrogens is 1060 g/mol. The highest BCUT2D eigenvalue weighted by molar-refractivity contribution is 5.97. The Hall–Kier alpha value is -10.7. The van der Waals surface area contributed by atoms with E-state index < -0.39 is 48.1 Å². The van der Waals surface area contributed by atoms with Gasteiger partial charge in [0.15, 0.2) is 0 Å². The number of aliphatic hydroxyl groups is 1. The van der Waals surface area contributed by atoms with Crippen molar-refractivity contribution in [1.29, 1.82) is 0 Å². The highest BCUT2D eigenvalue weighted by Gasteiger charge is 2.25. The van der Waals surface area contributed by atoms with Gasteiger partial charge in [-0.05, 0) is 148 Å². The molecule has 0 heterocycles. The lowest BCUT2D eigenvalue weighted by Gasteiger charge is -2.18. The average Bonchev–Trinajstić information content (AvgIpc) is 3.62. The average molecular weight is 1120 g/mol. The molecule has 6 rings (SSSR count). The number of benzene rings is 6. The Morgan fingerprint density at radius 3 is 1.14 bits per heavy atom. The molecule has 0 aliphatic carbocycles. The van der Waals surface area contributed by atoms with E-state index in [-0.39, 0.29) is 86.5 Å². The predicted octanol–water partition coefficient (Wildman–Crippen LogP) is 13.0. The summed E-state index contributed by atoms with van der Waals surface area (Å²) in [4.78, 5) is 91.1. The summed E-state index contributed by atoms with van der Waals surface area (Å²) in [5.41, 5.74) is 3.87. The molecule has 0 aliphatic rings. The zero-order valence-corrected chi connectivity index (χ0v) is 46.2. The third-order valence-corrected chi connectivity index (χ3v) is 12.2. The summed E-state index contributed by atoms with van der Waals surface area (Å²) in [6, 6.07) is 31.1. The molecule has 0 saturated carbocycles. The fraction of sp³-hybridized carbons (Fsp3) is 0.119. The second-order valence-electron chi connectivity index (χ2n) is 18.2. The predicted molar refractivity (Wildman–Crippen MR) is 312 cm³/mol. The molecule has 0 radical (unpaired) electrons. The van der Waals surface area contributed by atoms with Gasteiger partial charge in [0.1, 0.15) is 46.0 Å². The van der Waals surface area contributed by atoms with Crippen molar-refractivity contribution < 1.29 is 76.6 Å². The molecule has 0 amide bonds. The van der Waals surface area contributed by atoms with Crippen molar-refractivity contribution in [1.82, 2.24) is 0 Å². The molecule has 1 unspecified atom stereocenters. The molecule has 83 heavy (non-hydrogen) atoms. The molecule has 1 atom stereocenters. The van der Waals surface area contributed by atoms with Gasteiger partial charge in [-0.1, -0.05) is 100 Å². The lowest BCUT2D eigenvalue weighted by Crippen LogP contribution is -2.16. The molecule has 0 spiro atoms. The van der Waals surface area contributed by atoms with E-state index in [0.29, 0.717) is 44.7 Å². The van der Waals surface area contributed by atoms with Crippen LogP contribution >= 0.6 is 0 Å². The van der Waals surface area contributed by atoms with Gasteiger partial charge in [0.2, 0.25) is 6.29 Å². The number of ether oxygens (including phenoxy) is 8. The molecule has 1 N–H and O–H groups in total. The van der Waals surface area contributed by atoms with E-state index in [1.807, 2.05) is 0 Å². The van der Waals surface area contributed by atoms with Gasteiger partial charge in [0, 0.05) is 62.8 Å². The molecule has 422 valence electrons. The summed E-state index contributed by atoms with van der Waals surface area (Å²) < 4.78 is 45.5. The quantitative estimate of drug-likeness (QED) is 0.0196. The first kappa shape index (κ1) is 61.5. The maximum atomic E-state index is 14.4. The van der Waals surface area contributed by atoms with Gasteiger partial charge in [0.25, 0.3) is 0 Å². The Morgan fingerprint density at radius 1 is 0.434 bits per heavy atom. The first-order valence-electron chi connectivity index (χ1n) is 25.5. The molecule has 0 bridgehead atoms. The van der Waals surface area contributed by atoms with Gasteiger partial charge in [-0.15, -0.1) is 0 Å². The summed E-state index contributed by atoms with van der Waals surface area (Å²) in [5, 5.41) is 10.3. The van der Waals surface area contributed by atoms with E-state index in [9.17, 15) is 38.7 Å². The first-order chi connectivity index (χ1) is 39.6. The smallest absolute Gasteiger partial charge is 0.339 e. The lowest BCUT2D eigenvalue weighted by molar-refractivity contribution is -0.131. The number of carbonyl (C=O) groups is 7. The lowest BCUT2D eigenvalue weighted by atomic mass is 9.97.